The van der Waals surface area contributed by atoms with Gasteiger partial charge in [-0.15, -0.1) is 0 Å². The Bertz CT molecular complexity index is 1070. The van der Waals surface area contributed by atoms with E-state index in [1.165, 1.54) is 12.6 Å². The third-order valence-corrected chi connectivity index (χ3v) is 5.15. The van der Waals surface area contributed by atoms with E-state index in [9.17, 15) is 14.7 Å². The fraction of sp³-hybridized carbons (Fsp3) is 0.292. The highest BCUT2D eigenvalue weighted by atomic mass is 16.6. The van der Waals surface area contributed by atoms with E-state index in [2.05, 4.69) is 10.3 Å². The molecule has 0 radical (unpaired) electrons. The number of ketones is 1. The summed E-state index contributed by atoms with van der Waals surface area (Å²) < 4.78 is 15.7. The Kier molecular flexibility index (Phi) is 6.81. The van der Waals surface area contributed by atoms with Gasteiger partial charge in [0.1, 0.15) is 17.6 Å². The number of Topliss-reactive ketones (excluding diaryl/α,β-unsaturated/α-hetero) is 1. The van der Waals surface area contributed by atoms with Crippen molar-refractivity contribution in [3.63, 3.8) is 0 Å². The quantitative estimate of drug-likeness (QED) is 0.557. The van der Waals surface area contributed by atoms with Gasteiger partial charge in [-0.1, -0.05) is 30.3 Å². The van der Waals surface area contributed by atoms with Crippen LogP contribution in [0.5, 0.6) is 5.75 Å². The number of carbonyl (C=O) groups is 2. The SMILES string of the molecule is O=C(Cc1cccc(CNC(=O)O[C@H]2CCOC2)c1)Cc1ccc(-c2cnco2)c(O)c1. The van der Waals surface area contributed by atoms with Gasteiger partial charge in [-0.05, 0) is 28.8 Å². The maximum Gasteiger partial charge on any atom is 0.407 e. The Morgan fingerprint density at radius 1 is 1.12 bits per heavy atom. The van der Waals surface area contributed by atoms with Gasteiger partial charge in [0.25, 0.3) is 0 Å². The highest BCUT2D eigenvalue weighted by Gasteiger charge is 2.19. The Balaban J connectivity index is 1.29. The van der Waals surface area contributed by atoms with Crippen molar-refractivity contribution in [2.75, 3.05) is 13.2 Å². The first kappa shape index (κ1) is 21.6. The summed E-state index contributed by atoms with van der Waals surface area (Å²) in [4.78, 5) is 28.3. The molecule has 1 aromatic heterocycles. The van der Waals surface area contributed by atoms with Gasteiger partial charge < -0.3 is 24.3 Å². The van der Waals surface area contributed by atoms with Crippen molar-refractivity contribution in [3.05, 3.63) is 71.7 Å². The van der Waals surface area contributed by atoms with Crippen molar-refractivity contribution in [1.82, 2.24) is 10.3 Å². The van der Waals surface area contributed by atoms with Gasteiger partial charge in [-0.2, -0.15) is 0 Å². The first-order valence-electron chi connectivity index (χ1n) is 10.4. The van der Waals surface area contributed by atoms with E-state index >= 15 is 0 Å². The van der Waals surface area contributed by atoms with Gasteiger partial charge in [0.05, 0.1) is 25.0 Å². The number of amides is 1. The molecule has 32 heavy (non-hydrogen) atoms. The molecule has 8 heteroatoms. The van der Waals surface area contributed by atoms with Crippen molar-refractivity contribution in [2.45, 2.75) is 31.9 Å². The molecule has 4 rings (SSSR count). The standard InChI is InChI=1S/C24H24N2O6/c27-19(10-17-4-5-21(22(28)11-17)23-13-25-15-31-23)9-16-2-1-3-18(8-16)12-26-24(29)32-20-6-7-30-14-20/h1-5,8,11,13,15,20,28H,6-7,9-10,12,14H2,(H,26,29)/t20-/m0/s1. The van der Waals surface area contributed by atoms with Crippen LogP contribution >= 0.6 is 0 Å². The Hall–Kier alpha value is -3.65. The van der Waals surface area contributed by atoms with Gasteiger partial charge in [0.15, 0.2) is 12.2 Å². The molecule has 0 aliphatic carbocycles. The third kappa shape index (κ3) is 5.73. The van der Waals surface area contributed by atoms with Gasteiger partial charge in [0, 0.05) is 25.8 Å². The van der Waals surface area contributed by atoms with E-state index in [0.29, 0.717) is 43.1 Å². The van der Waals surface area contributed by atoms with Crippen LogP contribution in [0.25, 0.3) is 11.3 Å². The highest BCUT2D eigenvalue weighted by molar-refractivity contribution is 5.83. The molecule has 1 aliphatic rings. The molecule has 1 aliphatic heterocycles. The van der Waals surface area contributed by atoms with Crippen LogP contribution in [0.1, 0.15) is 23.1 Å². The van der Waals surface area contributed by atoms with Gasteiger partial charge in [-0.25, -0.2) is 9.78 Å². The lowest BCUT2D eigenvalue weighted by molar-refractivity contribution is -0.117. The number of phenols is 1. The summed E-state index contributed by atoms with van der Waals surface area (Å²) in [7, 11) is 0. The van der Waals surface area contributed by atoms with Crippen LogP contribution < -0.4 is 5.32 Å². The second-order valence-electron chi connectivity index (χ2n) is 7.67. The molecule has 1 atom stereocenters. The lowest BCUT2D eigenvalue weighted by atomic mass is 10.00. The molecule has 2 heterocycles. The zero-order chi connectivity index (χ0) is 22.3. The molecule has 3 aromatic rings. The Morgan fingerprint density at radius 2 is 1.94 bits per heavy atom. The number of benzene rings is 2. The fourth-order valence-corrected chi connectivity index (χ4v) is 3.58. The van der Waals surface area contributed by atoms with E-state index in [1.54, 1.807) is 18.2 Å². The number of rotatable bonds is 8. The minimum Gasteiger partial charge on any atom is -0.507 e. The summed E-state index contributed by atoms with van der Waals surface area (Å²) in [6, 6.07) is 12.6. The number of aromatic hydroxyl groups is 1. The predicted octanol–water partition coefficient (Wildman–Crippen LogP) is 3.42. The van der Waals surface area contributed by atoms with E-state index in [0.717, 1.165) is 11.1 Å². The van der Waals surface area contributed by atoms with Crippen LogP contribution in [0.2, 0.25) is 0 Å². The van der Waals surface area contributed by atoms with Crippen molar-refractivity contribution < 1.29 is 28.6 Å². The monoisotopic (exact) mass is 436 g/mol. The molecule has 2 N–H and O–H groups in total. The molecule has 0 bridgehead atoms. The zero-order valence-electron chi connectivity index (χ0n) is 17.5. The number of phenolic OH excluding ortho intramolecular Hbond substituents is 1. The van der Waals surface area contributed by atoms with Gasteiger partial charge >= 0.3 is 6.09 Å². The van der Waals surface area contributed by atoms with E-state index in [4.69, 9.17) is 13.9 Å². The Morgan fingerprint density at radius 3 is 2.66 bits per heavy atom. The number of nitrogens with one attached hydrogen (secondary N) is 1. The largest absolute Gasteiger partial charge is 0.507 e. The lowest BCUT2D eigenvalue weighted by Gasteiger charge is -2.11. The number of oxazole rings is 1. The first-order valence-corrected chi connectivity index (χ1v) is 10.4. The molecule has 166 valence electrons. The summed E-state index contributed by atoms with van der Waals surface area (Å²) in [6.07, 6.45) is 3.31. The summed E-state index contributed by atoms with van der Waals surface area (Å²) in [6.45, 7) is 1.36. The molecule has 1 amide bonds. The molecule has 2 aromatic carbocycles. The van der Waals surface area contributed by atoms with Crippen molar-refractivity contribution in [3.8, 4) is 17.1 Å². The van der Waals surface area contributed by atoms with Crippen molar-refractivity contribution in [2.24, 2.45) is 0 Å². The zero-order valence-corrected chi connectivity index (χ0v) is 17.5. The van der Waals surface area contributed by atoms with Gasteiger partial charge in [-0.3, -0.25) is 4.79 Å². The normalized spacial score (nSPS) is 15.4. The van der Waals surface area contributed by atoms with E-state index in [1.807, 2.05) is 24.3 Å². The topological polar surface area (TPSA) is 111 Å². The average molecular weight is 436 g/mol. The average Bonchev–Trinajstić information content (AvgIpc) is 3.47. The molecule has 1 fully saturated rings. The number of carbonyl (C=O) groups excluding carboxylic acids is 2. The summed E-state index contributed by atoms with van der Waals surface area (Å²) in [5.41, 5.74) is 2.98. The number of alkyl carbamates (subject to hydrolysis) is 1. The Labute approximate surface area is 185 Å². The van der Waals surface area contributed by atoms with Crippen LogP contribution in [0.3, 0.4) is 0 Å². The van der Waals surface area contributed by atoms with Crippen LogP contribution in [0.4, 0.5) is 4.79 Å². The number of hydrogen-bond donors (Lipinski definition) is 2. The van der Waals surface area contributed by atoms with Gasteiger partial charge in [0.2, 0.25) is 0 Å². The number of aromatic nitrogens is 1. The molecular formula is C24H24N2O6. The van der Waals surface area contributed by atoms with E-state index in [-0.39, 0.29) is 30.5 Å². The van der Waals surface area contributed by atoms with Crippen LogP contribution in [-0.4, -0.2) is 41.3 Å². The summed E-state index contributed by atoms with van der Waals surface area (Å²) in [5, 5.41) is 13.0. The third-order valence-electron chi connectivity index (χ3n) is 5.15. The minimum atomic E-state index is -0.476. The molecular weight excluding hydrogens is 412 g/mol. The summed E-state index contributed by atoms with van der Waals surface area (Å²) in [5.74, 6) is 0.519. The smallest absolute Gasteiger partial charge is 0.407 e. The number of nitrogens with zero attached hydrogens (tertiary/aromatic N) is 1. The molecule has 1 saturated heterocycles. The van der Waals surface area contributed by atoms with Crippen molar-refractivity contribution in [1.29, 1.82) is 0 Å². The highest BCUT2D eigenvalue weighted by Crippen LogP contribution is 2.29. The second kappa shape index (κ2) is 10.1. The molecule has 0 unspecified atom stereocenters. The second-order valence-corrected chi connectivity index (χ2v) is 7.67. The predicted molar refractivity (Wildman–Crippen MR) is 115 cm³/mol. The molecule has 0 saturated carbocycles. The van der Waals surface area contributed by atoms with Crippen LogP contribution in [0.15, 0.2) is 59.5 Å². The first-order chi connectivity index (χ1) is 15.6. The minimum absolute atomic E-state index is 0.0163. The fourth-order valence-electron chi connectivity index (χ4n) is 3.58. The van der Waals surface area contributed by atoms with Crippen LogP contribution in [-0.2, 0) is 33.7 Å². The molecule has 8 nitrogen and oxygen atoms in total. The van der Waals surface area contributed by atoms with Crippen molar-refractivity contribution >= 4 is 11.9 Å². The number of hydrogen-bond acceptors (Lipinski definition) is 7. The van der Waals surface area contributed by atoms with Crippen LogP contribution in [0, 0.1) is 0 Å². The number of ether oxygens (including phenoxy) is 2. The maximum atomic E-state index is 12.6. The van der Waals surface area contributed by atoms with E-state index < -0.39 is 6.09 Å². The maximum absolute atomic E-state index is 12.6. The molecule has 0 spiro atoms. The lowest BCUT2D eigenvalue weighted by Crippen LogP contribution is -2.28. The summed E-state index contributed by atoms with van der Waals surface area (Å²) >= 11 is 0.